The van der Waals surface area contributed by atoms with Crippen LogP contribution in [-0.4, -0.2) is 18.1 Å². The van der Waals surface area contributed by atoms with Gasteiger partial charge in [0.2, 0.25) is 0 Å². The van der Waals surface area contributed by atoms with E-state index in [0.717, 1.165) is 36.0 Å². The summed E-state index contributed by atoms with van der Waals surface area (Å²) in [5.74, 6) is 1.80. The summed E-state index contributed by atoms with van der Waals surface area (Å²) >= 11 is 0. The highest BCUT2D eigenvalue weighted by Gasteiger charge is 2.13. The molecule has 1 aliphatic rings. The minimum Gasteiger partial charge on any atom is -0.488 e. The van der Waals surface area contributed by atoms with Crippen molar-refractivity contribution < 1.29 is 4.74 Å². The van der Waals surface area contributed by atoms with Gasteiger partial charge >= 0.3 is 0 Å². The minimum absolute atomic E-state index is 0.735. The Morgan fingerprint density at radius 1 is 1.50 bits per heavy atom. The van der Waals surface area contributed by atoms with Crippen molar-refractivity contribution in [3.8, 4) is 5.75 Å². The van der Waals surface area contributed by atoms with Gasteiger partial charge in [-0.25, -0.2) is 4.98 Å². The molecule has 0 bridgehead atoms. The van der Waals surface area contributed by atoms with Gasteiger partial charge in [-0.2, -0.15) is 0 Å². The number of aromatic nitrogens is 1. The van der Waals surface area contributed by atoms with E-state index in [0.29, 0.717) is 0 Å². The van der Waals surface area contributed by atoms with Gasteiger partial charge in [0.25, 0.3) is 0 Å². The second-order valence-electron chi connectivity index (χ2n) is 3.03. The van der Waals surface area contributed by atoms with Gasteiger partial charge in [-0.3, -0.25) is 0 Å². The number of fused-ring (bicyclic) bond motifs is 1. The zero-order valence-electron chi connectivity index (χ0n) is 7.35. The lowest BCUT2D eigenvalue weighted by Crippen LogP contribution is -2.20. The molecule has 2 rings (SSSR count). The normalized spacial score (nSPS) is 14.5. The van der Waals surface area contributed by atoms with E-state index in [2.05, 4.69) is 10.3 Å². The summed E-state index contributed by atoms with van der Waals surface area (Å²) < 4.78 is 5.48. The van der Waals surface area contributed by atoms with Crippen LogP contribution >= 0.6 is 0 Å². The van der Waals surface area contributed by atoms with Gasteiger partial charge in [-0.15, -0.1) is 0 Å². The van der Waals surface area contributed by atoms with E-state index in [1.807, 2.05) is 19.9 Å². The standard InChI is InChI=1S/C9H12N2O/c1-6-5-7(2)11-9-8(6)12-4-3-10-9/h5H,3-4H2,1-2H3,(H,10,11). The Kier molecular flexibility index (Phi) is 1.64. The lowest BCUT2D eigenvalue weighted by atomic mass is 10.2. The number of aryl methyl sites for hydroxylation is 2. The number of hydrogen-bond donors (Lipinski definition) is 1. The molecule has 0 saturated heterocycles. The minimum atomic E-state index is 0.735. The summed E-state index contributed by atoms with van der Waals surface area (Å²) in [4.78, 5) is 4.34. The van der Waals surface area contributed by atoms with Gasteiger partial charge in [0.15, 0.2) is 11.6 Å². The molecular weight excluding hydrogens is 152 g/mol. The molecule has 1 aliphatic heterocycles. The van der Waals surface area contributed by atoms with Crippen molar-refractivity contribution in [2.24, 2.45) is 0 Å². The fraction of sp³-hybridized carbons (Fsp3) is 0.444. The number of nitrogens with zero attached hydrogens (tertiary/aromatic N) is 1. The number of hydrogen-bond acceptors (Lipinski definition) is 3. The van der Waals surface area contributed by atoms with Crippen LogP contribution in [0, 0.1) is 13.8 Å². The molecule has 0 radical (unpaired) electrons. The fourth-order valence-corrected chi connectivity index (χ4v) is 1.45. The van der Waals surface area contributed by atoms with E-state index >= 15 is 0 Å². The van der Waals surface area contributed by atoms with Crippen LogP contribution in [0.5, 0.6) is 5.75 Å². The first-order chi connectivity index (χ1) is 5.77. The summed E-state index contributed by atoms with van der Waals surface area (Å²) in [5, 5.41) is 3.21. The Morgan fingerprint density at radius 3 is 3.17 bits per heavy atom. The van der Waals surface area contributed by atoms with E-state index < -0.39 is 0 Å². The second kappa shape index (κ2) is 2.66. The molecule has 0 aliphatic carbocycles. The van der Waals surface area contributed by atoms with Crippen molar-refractivity contribution >= 4 is 5.82 Å². The van der Waals surface area contributed by atoms with Gasteiger partial charge < -0.3 is 10.1 Å². The van der Waals surface area contributed by atoms with Crippen molar-refractivity contribution in [2.75, 3.05) is 18.5 Å². The van der Waals surface area contributed by atoms with E-state index in [-0.39, 0.29) is 0 Å². The van der Waals surface area contributed by atoms with Crippen LogP contribution in [0.4, 0.5) is 5.82 Å². The van der Waals surface area contributed by atoms with Gasteiger partial charge in [0.1, 0.15) is 6.61 Å². The van der Waals surface area contributed by atoms with E-state index in [9.17, 15) is 0 Å². The number of nitrogens with one attached hydrogen (secondary N) is 1. The molecule has 3 nitrogen and oxygen atoms in total. The van der Waals surface area contributed by atoms with Gasteiger partial charge in [-0.1, -0.05) is 0 Å². The van der Waals surface area contributed by atoms with Gasteiger partial charge in [-0.05, 0) is 25.5 Å². The molecule has 0 spiro atoms. The number of rotatable bonds is 0. The molecule has 1 aromatic heterocycles. The molecule has 0 amide bonds. The molecule has 0 saturated carbocycles. The topological polar surface area (TPSA) is 34.2 Å². The quantitative estimate of drug-likeness (QED) is 0.631. The summed E-state index contributed by atoms with van der Waals surface area (Å²) in [7, 11) is 0. The Balaban J connectivity index is 2.53. The zero-order valence-corrected chi connectivity index (χ0v) is 7.35. The van der Waals surface area contributed by atoms with Crippen LogP contribution in [-0.2, 0) is 0 Å². The fourth-order valence-electron chi connectivity index (χ4n) is 1.45. The molecule has 0 fully saturated rings. The van der Waals surface area contributed by atoms with Gasteiger partial charge in [0.05, 0.1) is 6.54 Å². The van der Waals surface area contributed by atoms with Gasteiger partial charge in [0, 0.05) is 5.69 Å². The number of ether oxygens (including phenoxy) is 1. The average molecular weight is 164 g/mol. The van der Waals surface area contributed by atoms with E-state index in [1.54, 1.807) is 0 Å². The SMILES string of the molecule is Cc1cc(C)c2c(n1)NCCO2. The lowest BCUT2D eigenvalue weighted by Gasteiger charge is -2.20. The molecule has 2 heterocycles. The number of pyridine rings is 1. The Labute approximate surface area is 71.8 Å². The van der Waals surface area contributed by atoms with E-state index in [1.165, 1.54) is 0 Å². The maximum atomic E-state index is 5.48. The summed E-state index contributed by atoms with van der Waals surface area (Å²) in [6.07, 6.45) is 0. The molecule has 0 unspecified atom stereocenters. The van der Waals surface area contributed by atoms with Crippen LogP contribution < -0.4 is 10.1 Å². The molecule has 3 heteroatoms. The third kappa shape index (κ3) is 1.11. The smallest absolute Gasteiger partial charge is 0.169 e. The van der Waals surface area contributed by atoms with Crippen LogP contribution in [0.3, 0.4) is 0 Å². The predicted octanol–water partition coefficient (Wildman–Crippen LogP) is 1.50. The molecule has 12 heavy (non-hydrogen) atoms. The highest BCUT2D eigenvalue weighted by Crippen LogP contribution is 2.29. The molecule has 0 atom stereocenters. The summed E-state index contributed by atoms with van der Waals surface area (Å²) in [6.45, 7) is 5.62. The first-order valence-corrected chi connectivity index (χ1v) is 4.12. The van der Waals surface area contributed by atoms with Crippen LogP contribution in [0.25, 0.3) is 0 Å². The summed E-state index contributed by atoms with van der Waals surface area (Å²) in [6, 6.07) is 2.03. The van der Waals surface area contributed by atoms with Crippen LogP contribution in [0.15, 0.2) is 6.07 Å². The van der Waals surface area contributed by atoms with Crippen molar-refractivity contribution in [1.82, 2.24) is 4.98 Å². The maximum absolute atomic E-state index is 5.48. The first kappa shape index (κ1) is 7.40. The lowest BCUT2D eigenvalue weighted by molar-refractivity contribution is 0.319. The summed E-state index contributed by atoms with van der Waals surface area (Å²) in [5.41, 5.74) is 2.19. The molecule has 1 N–H and O–H groups in total. The third-order valence-corrected chi connectivity index (χ3v) is 1.93. The van der Waals surface area contributed by atoms with Crippen molar-refractivity contribution in [2.45, 2.75) is 13.8 Å². The molecule has 64 valence electrons. The Bertz CT molecular complexity index is 310. The van der Waals surface area contributed by atoms with Crippen molar-refractivity contribution in [3.63, 3.8) is 0 Å². The monoisotopic (exact) mass is 164 g/mol. The number of anilines is 1. The van der Waals surface area contributed by atoms with Crippen LogP contribution in [0.1, 0.15) is 11.3 Å². The van der Waals surface area contributed by atoms with Crippen LogP contribution in [0.2, 0.25) is 0 Å². The highest BCUT2D eigenvalue weighted by atomic mass is 16.5. The maximum Gasteiger partial charge on any atom is 0.169 e. The van der Waals surface area contributed by atoms with Crippen molar-refractivity contribution in [3.05, 3.63) is 17.3 Å². The Morgan fingerprint density at radius 2 is 2.33 bits per heavy atom. The van der Waals surface area contributed by atoms with E-state index in [4.69, 9.17) is 4.74 Å². The highest BCUT2D eigenvalue weighted by molar-refractivity contribution is 5.56. The third-order valence-electron chi connectivity index (χ3n) is 1.93. The molecular formula is C9H12N2O. The Hall–Kier alpha value is -1.25. The largest absolute Gasteiger partial charge is 0.488 e. The first-order valence-electron chi connectivity index (χ1n) is 4.12. The second-order valence-corrected chi connectivity index (χ2v) is 3.03. The van der Waals surface area contributed by atoms with Crippen molar-refractivity contribution in [1.29, 1.82) is 0 Å². The zero-order chi connectivity index (χ0) is 8.55. The molecule has 1 aromatic rings. The average Bonchev–Trinajstić information content (AvgIpc) is 2.04. The molecule has 0 aromatic carbocycles. The predicted molar refractivity (Wildman–Crippen MR) is 47.7 cm³/mol.